The molecule has 4 rings (SSSR count). The van der Waals surface area contributed by atoms with Crippen LogP contribution >= 0.6 is 0 Å². The van der Waals surface area contributed by atoms with Crippen molar-refractivity contribution < 1.29 is 32.6 Å². The van der Waals surface area contributed by atoms with Crippen LogP contribution < -0.4 is 10.1 Å². The monoisotopic (exact) mass is 616 g/mol. The van der Waals surface area contributed by atoms with Gasteiger partial charge in [0, 0.05) is 30.0 Å². The highest BCUT2D eigenvalue weighted by Crippen LogP contribution is 2.50. The van der Waals surface area contributed by atoms with Gasteiger partial charge in [-0.1, -0.05) is 90.4 Å². The van der Waals surface area contributed by atoms with Gasteiger partial charge in [-0.3, -0.25) is 4.79 Å². The van der Waals surface area contributed by atoms with E-state index in [1.54, 1.807) is 7.11 Å². The molecule has 1 heterocycles. The molecule has 0 spiro atoms. The number of nitrogens with one attached hydrogen (secondary N) is 1. The first-order valence-corrected chi connectivity index (χ1v) is 15.5. The van der Waals surface area contributed by atoms with E-state index in [0.29, 0.717) is 18.7 Å². The number of aliphatic carboxylic acids is 1. The molecule has 2 fully saturated rings. The highest BCUT2D eigenvalue weighted by molar-refractivity contribution is 5.87. The maximum atomic E-state index is 14.4. The molecule has 2 aliphatic rings. The Morgan fingerprint density at radius 1 is 1.00 bits per heavy atom. The van der Waals surface area contributed by atoms with Crippen molar-refractivity contribution in [2.24, 2.45) is 23.2 Å². The SMILES string of the molecule is COc1ccc(C(C)(C)C)cc1CN[C@H]1[C@H](C(C)(C)C)[C@@H](C(=O)O)N(C(=O)C2CCCC(C(F)(F)F)C2)[C@H]1c1ccccc1. The zero-order valence-electron chi connectivity index (χ0n) is 26.9. The standard InChI is InChI=1S/C35H47F3N2O4/c1-33(2,3)24-16-17-26(44-7)23(19-24)20-39-28-27(34(4,5)6)30(32(42)43)40(29(28)21-12-9-8-10-13-21)31(41)22-14-11-15-25(18-22)35(36,37)38/h8-10,12-13,16-17,19,22,25,27-30,39H,11,14-15,18,20H2,1-7H3,(H,42,43)/t22?,25?,27-,28-,29-,30-/m0/s1. The maximum absolute atomic E-state index is 14.4. The normalized spacial score (nSPS) is 26.5. The summed E-state index contributed by atoms with van der Waals surface area (Å²) in [5, 5.41) is 14.3. The van der Waals surface area contributed by atoms with Gasteiger partial charge in [0.1, 0.15) is 11.8 Å². The Morgan fingerprint density at radius 2 is 1.66 bits per heavy atom. The van der Waals surface area contributed by atoms with Crippen molar-refractivity contribution in [3.63, 3.8) is 0 Å². The fourth-order valence-electron chi connectivity index (χ4n) is 7.26. The lowest BCUT2D eigenvalue weighted by Gasteiger charge is -2.37. The molecule has 2 aromatic carbocycles. The molecule has 1 saturated heterocycles. The highest BCUT2D eigenvalue weighted by Gasteiger charge is 2.59. The molecule has 9 heteroatoms. The minimum Gasteiger partial charge on any atom is -0.496 e. The summed E-state index contributed by atoms with van der Waals surface area (Å²) in [4.78, 5) is 28.9. The van der Waals surface area contributed by atoms with E-state index < -0.39 is 59.3 Å². The zero-order valence-corrected chi connectivity index (χ0v) is 26.9. The molecule has 1 aliphatic heterocycles. The van der Waals surface area contributed by atoms with Gasteiger partial charge >= 0.3 is 12.1 Å². The summed E-state index contributed by atoms with van der Waals surface area (Å²) in [6.07, 6.45) is -4.14. The second-order valence-corrected chi connectivity index (χ2v) is 14.6. The first-order chi connectivity index (χ1) is 20.4. The van der Waals surface area contributed by atoms with Crippen LogP contribution in [0.3, 0.4) is 0 Å². The number of rotatable bonds is 7. The summed E-state index contributed by atoms with van der Waals surface area (Å²) < 4.78 is 47.0. The maximum Gasteiger partial charge on any atom is 0.391 e. The predicted octanol–water partition coefficient (Wildman–Crippen LogP) is 7.52. The van der Waals surface area contributed by atoms with Crippen molar-refractivity contribution in [2.75, 3.05) is 7.11 Å². The van der Waals surface area contributed by atoms with Crippen molar-refractivity contribution in [1.29, 1.82) is 0 Å². The molecule has 6 atom stereocenters. The van der Waals surface area contributed by atoms with Crippen LogP contribution in [0.1, 0.15) is 90.0 Å². The first kappa shape index (κ1) is 33.8. The fourth-order valence-corrected chi connectivity index (χ4v) is 7.26. The van der Waals surface area contributed by atoms with Crippen LogP contribution in [0, 0.1) is 23.2 Å². The molecule has 2 aromatic rings. The Hall–Kier alpha value is -3.07. The molecule has 2 N–H and O–H groups in total. The van der Waals surface area contributed by atoms with Gasteiger partial charge in [-0.2, -0.15) is 13.2 Å². The predicted molar refractivity (Wildman–Crippen MR) is 164 cm³/mol. The Morgan fingerprint density at radius 3 is 2.20 bits per heavy atom. The van der Waals surface area contributed by atoms with E-state index in [-0.39, 0.29) is 24.7 Å². The third-order valence-electron chi connectivity index (χ3n) is 9.48. The number of carboxylic acid groups (broad SMARTS) is 1. The summed E-state index contributed by atoms with van der Waals surface area (Å²) in [5.74, 6) is -3.99. The molecule has 242 valence electrons. The third-order valence-corrected chi connectivity index (χ3v) is 9.48. The number of amides is 1. The van der Waals surface area contributed by atoms with Crippen LogP contribution in [0.15, 0.2) is 48.5 Å². The third kappa shape index (κ3) is 7.08. The van der Waals surface area contributed by atoms with Crippen LogP contribution in [0.5, 0.6) is 5.75 Å². The van der Waals surface area contributed by atoms with Gasteiger partial charge in [0.2, 0.25) is 5.91 Å². The molecule has 1 saturated carbocycles. The summed E-state index contributed by atoms with van der Waals surface area (Å²) in [6, 6.07) is 12.9. The number of ether oxygens (including phenoxy) is 1. The number of benzene rings is 2. The number of halogens is 3. The number of methoxy groups -OCH3 is 1. The van der Waals surface area contributed by atoms with Crippen LogP contribution in [0.25, 0.3) is 0 Å². The average molecular weight is 617 g/mol. The number of carbonyl (C=O) groups excluding carboxylic acids is 1. The number of hydrogen-bond acceptors (Lipinski definition) is 4. The molecule has 0 aromatic heterocycles. The molecular formula is C35H47F3N2O4. The summed E-state index contributed by atoms with van der Waals surface area (Å²) >= 11 is 0. The number of likely N-dealkylation sites (tertiary alicyclic amines) is 1. The number of nitrogens with zero attached hydrogens (tertiary/aromatic N) is 1. The highest BCUT2D eigenvalue weighted by atomic mass is 19.4. The van der Waals surface area contributed by atoms with E-state index in [9.17, 15) is 27.9 Å². The van der Waals surface area contributed by atoms with Gasteiger partial charge in [-0.25, -0.2) is 4.79 Å². The van der Waals surface area contributed by atoms with Gasteiger partial charge in [-0.15, -0.1) is 0 Å². The molecule has 1 amide bonds. The Bertz CT molecular complexity index is 1320. The van der Waals surface area contributed by atoms with Gasteiger partial charge in [0.25, 0.3) is 0 Å². The van der Waals surface area contributed by atoms with Crippen LogP contribution in [0.2, 0.25) is 0 Å². The average Bonchev–Trinajstić information content (AvgIpc) is 3.31. The lowest BCUT2D eigenvalue weighted by molar-refractivity contribution is -0.188. The fraction of sp³-hybridized carbons (Fsp3) is 0.600. The molecule has 0 bridgehead atoms. The second kappa shape index (κ2) is 12.7. The topological polar surface area (TPSA) is 78.9 Å². The number of alkyl halides is 3. The van der Waals surface area contributed by atoms with Crippen LogP contribution in [0.4, 0.5) is 13.2 Å². The molecule has 6 nitrogen and oxygen atoms in total. The summed E-state index contributed by atoms with van der Waals surface area (Å²) in [6.45, 7) is 12.6. The first-order valence-electron chi connectivity index (χ1n) is 15.5. The Kier molecular flexibility index (Phi) is 9.79. The van der Waals surface area contributed by atoms with Gasteiger partial charge < -0.3 is 20.1 Å². The van der Waals surface area contributed by atoms with Crippen LogP contribution in [-0.2, 0) is 21.5 Å². The molecular weight excluding hydrogens is 569 g/mol. The van der Waals surface area contributed by atoms with Crippen molar-refractivity contribution in [3.8, 4) is 5.75 Å². The zero-order chi connectivity index (χ0) is 32.6. The number of hydrogen-bond donors (Lipinski definition) is 2. The molecule has 0 radical (unpaired) electrons. The number of carboxylic acids is 1. The lowest BCUT2D eigenvalue weighted by atomic mass is 9.72. The van der Waals surface area contributed by atoms with Crippen molar-refractivity contribution >= 4 is 11.9 Å². The Balaban J connectivity index is 1.81. The minimum atomic E-state index is -4.40. The van der Waals surface area contributed by atoms with Gasteiger partial charge in [0.05, 0.1) is 19.1 Å². The van der Waals surface area contributed by atoms with E-state index in [2.05, 4.69) is 32.2 Å². The lowest BCUT2D eigenvalue weighted by Crippen LogP contribution is -2.50. The van der Waals surface area contributed by atoms with E-state index in [1.807, 2.05) is 63.2 Å². The quantitative estimate of drug-likeness (QED) is 0.337. The van der Waals surface area contributed by atoms with E-state index in [1.165, 1.54) is 4.90 Å². The van der Waals surface area contributed by atoms with Crippen molar-refractivity contribution in [3.05, 3.63) is 65.2 Å². The van der Waals surface area contributed by atoms with Gasteiger partial charge in [-0.05, 0) is 47.3 Å². The Labute approximate surface area is 259 Å². The van der Waals surface area contributed by atoms with E-state index in [4.69, 9.17) is 4.74 Å². The largest absolute Gasteiger partial charge is 0.496 e. The van der Waals surface area contributed by atoms with Crippen molar-refractivity contribution in [1.82, 2.24) is 10.2 Å². The molecule has 1 aliphatic carbocycles. The van der Waals surface area contributed by atoms with E-state index >= 15 is 0 Å². The van der Waals surface area contributed by atoms with Crippen molar-refractivity contribution in [2.45, 2.75) is 103 Å². The second-order valence-electron chi connectivity index (χ2n) is 14.6. The molecule has 44 heavy (non-hydrogen) atoms. The molecule has 2 unspecified atom stereocenters. The van der Waals surface area contributed by atoms with Gasteiger partial charge in [0.15, 0.2) is 0 Å². The smallest absolute Gasteiger partial charge is 0.391 e. The minimum absolute atomic E-state index is 0.0119. The van der Waals surface area contributed by atoms with E-state index in [0.717, 1.165) is 16.7 Å². The van der Waals surface area contributed by atoms with Crippen LogP contribution in [-0.4, -0.2) is 47.3 Å². The summed E-state index contributed by atoms with van der Waals surface area (Å²) in [5.41, 5.74) is 2.08. The number of carbonyl (C=O) groups is 2. The summed E-state index contributed by atoms with van der Waals surface area (Å²) in [7, 11) is 1.61.